The standard InChI is InChI=1S/C10H21O5P/c1-5-8-10(11)15-9(4)16(12,13-6-2)14-7-3/h9H,5-8H2,1-4H3. The summed E-state index contributed by atoms with van der Waals surface area (Å²) in [6.07, 6.45) is 1.00. The fourth-order valence-electron chi connectivity index (χ4n) is 1.12. The molecule has 16 heavy (non-hydrogen) atoms. The first-order chi connectivity index (χ1) is 7.50. The fraction of sp³-hybridized carbons (Fsp3) is 0.900. The molecular formula is C10H21O5P. The largest absolute Gasteiger partial charge is 0.450 e. The lowest BCUT2D eigenvalue weighted by Crippen LogP contribution is -2.18. The smallest absolute Gasteiger partial charge is 0.370 e. The lowest BCUT2D eigenvalue weighted by atomic mass is 10.3. The van der Waals surface area contributed by atoms with Crippen LogP contribution in [-0.4, -0.2) is 25.0 Å². The molecule has 0 aliphatic heterocycles. The van der Waals surface area contributed by atoms with Crippen LogP contribution in [0.2, 0.25) is 0 Å². The lowest BCUT2D eigenvalue weighted by Gasteiger charge is -2.23. The van der Waals surface area contributed by atoms with E-state index in [4.69, 9.17) is 13.8 Å². The minimum absolute atomic E-state index is 0.257. The van der Waals surface area contributed by atoms with E-state index in [0.717, 1.165) is 0 Å². The zero-order valence-corrected chi connectivity index (χ0v) is 11.3. The summed E-state index contributed by atoms with van der Waals surface area (Å²) in [6, 6.07) is 0. The van der Waals surface area contributed by atoms with Crippen LogP contribution in [0.15, 0.2) is 0 Å². The summed E-state index contributed by atoms with van der Waals surface area (Å²) in [5, 5.41) is 0. The Balaban J connectivity index is 4.43. The van der Waals surface area contributed by atoms with Crippen molar-refractivity contribution < 1.29 is 23.1 Å². The normalized spacial score (nSPS) is 13.5. The van der Waals surface area contributed by atoms with E-state index in [-0.39, 0.29) is 19.2 Å². The predicted octanol–water partition coefficient (Wildman–Crippen LogP) is 2.94. The Morgan fingerprint density at radius 3 is 2.06 bits per heavy atom. The maximum absolute atomic E-state index is 12.1. The monoisotopic (exact) mass is 252 g/mol. The maximum atomic E-state index is 12.1. The van der Waals surface area contributed by atoms with Crippen molar-refractivity contribution in [1.29, 1.82) is 0 Å². The van der Waals surface area contributed by atoms with Gasteiger partial charge in [0.05, 0.1) is 13.2 Å². The van der Waals surface area contributed by atoms with Crippen LogP contribution in [0.1, 0.15) is 40.5 Å². The first-order valence-corrected chi connectivity index (χ1v) is 7.19. The van der Waals surface area contributed by atoms with Crippen molar-refractivity contribution in [2.45, 2.75) is 46.4 Å². The van der Waals surface area contributed by atoms with Gasteiger partial charge < -0.3 is 13.8 Å². The van der Waals surface area contributed by atoms with Crippen LogP contribution in [0.5, 0.6) is 0 Å². The Morgan fingerprint density at radius 2 is 1.69 bits per heavy atom. The third kappa shape index (κ3) is 5.10. The van der Waals surface area contributed by atoms with E-state index in [0.29, 0.717) is 12.8 Å². The molecule has 0 aromatic carbocycles. The highest BCUT2D eigenvalue weighted by atomic mass is 31.2. The van der Waals surface area contributed by atoms with Crippen LogP contribution in [-0.2, 0) is 23.1 Å². The van der Waals surface area contributed by atoms with Crippen LogP contribution < -0.4 is 0 Å². The average Bonchev–Trinajstić information content (AvgIpc) is 2.18. The van der Waals surface area contributed by atoms with Crippen LogP contribution in [0.3, 0.4) is 0 Å². The number of rotatable bonds is 8. The van der Waals surface area contributed by atoms with Gasteiger partial charge in [0.25, 0.3) is 0 Å². The average molecular weight is 252 g/mol. The first-order valence-electron chi connectivity index (χ1n) is 5.58. The molecule has 0 fully saturated rings. The van der Waals surface area contributed by atoms with Gasteiger partial charge in [-0.25, -0.2) is 0 Å². The lowest BCUT2D eigenvalue weighted by molar-refractivity contribution is -0.145. The highest BCUT2D eigenvalue weighted by Gasteiger charge is 2.34. The van der Waals surface area contributed by atoms with Crippen LogP contribution >= 0.6 is 7.60 Å². The molecule has 0 spiro atoms. The van der Waals surface area contributed by atoms with Crippen molar-refractivity contribution in [1.82, 2.24) is 0 Å². The summed E-state index contributed by atoms with van der Waals surface area (Å²) in [6.45, 7) is 7.34. The summed E-state index contributed by atoms with van der Waals surface area (Å²) in [5.74, 6) is -1.24. The molecule has 5 nitrogen and oxygen atoms in total. The Kier molecular flexibility index (Phi) is 7.64. The van der Waals surface area contributed by atoms with Crippen LogP contribution in [0, 0.1) is 0 Å². The fourth-order valence-corrected chi connectivity index (χ4v) is 2.59. The number of hydrogen-bond donors (Lipinski definition) is 0. The van der Waals surface area contributed by atoms with Gasteiger partial charge in [-0.05, 0) is 27.2 Å². The minimum Gasteiger partial charge on any atom is -0.450 e. The van der Waals surface area contributed by atoms with Crippen LogP contribution in [0.4, 0.5) is 0 Å². The predicted molar refractivity (Wildman–Crippen MR) is 61.3 cm³/mol. The van der Waals surface area contributed by atoms with Crippen molar-refractivity contribution in [2.75, 3.05) is 13.2 Å². The van der Waals surface area contributed by atoms with E-state index < -0.39 is 13.4 Å². The minimum atomic E-state index is -3.33. The molecule has 0 N–H and O–H groups in total. The van der Waals surface area contributed by atoms with E-state index in [1.54, 1.807) is 13.8 Å². The SMILES string of the molecule is CCCC(=O)OC(C)P(=O)(OCC)OCC. The molecule has 0 saturated heterocycles. The van der Waals surface area contributed by atoms with Crippen molar-refractivity contribution in [2.24, 2.45) is 0 Å². The molecule has 0 aliphatic rings. The quantitative estimate of drug-likeness (QED) is 0.491. The molecular weight excluding hydrogens is 231 g/mol. The Labute approximate surface area is 97.0 Å². The van der Waals surface area contributed by atoms with Gasteiger partial charge in [-0.3, -0.25) is 9.36 Å². The molecule has 0 amide bonds. The van der Waals surface area contributed by atoms with E-state index >= 15 is 0 Å². The Hall–Kier alpha value is -0.380. The second kappa shape index (κ2) is 7.82. The molecule has 96 valence electrons. The Morgan fingerprint density at radius 1 is 1.19 bits per heavy atom. The van der Waals surface area contributed by atoms with Crippen LogP contribution in [0.25, 0.3) is 0 Å². The maximum Gasteiger partial charge on any atom is 0.370 e. The van der Waals surface area contributed by atoms with Crippen molar-refractivity contribution in [3.05, 3.63) is 0 Å². The molecule has 0 bridgehead atoms. The Bertz CT molecular complexity index is 244. The number of carbonyl (C=O) groups is 1. The third-order valence-electron chi connectivity index (χ3n) is 1.82. The molecule has 1 atom stereocenters. The van der Waals surface area contributed by atoms with Gasteiger partial charge in [-0.1, -0.05) is 6.92 Å². The molecule has 1 unspecified atom stereocenters. The highest BCUT2D eigenvalue weighted by Crippen LogP contribution is 2.53. The molecule has 0 saturated carbocycles. The first kappa shape index (κ1) is 15.6. The topological polar surface area (TPSA) is 61.8 Å². The van der Waals surface area contributed by atoms with Gasteiger partial charge in [-0.15, -0.1) is 0 Å². The molecule has 0 aromatic heterocycles. The second-order valence-electron chi connectivity index (χ2n) is 3.21. The zero-order valence-electron chi connectivity index (χ0n) is 10.4. The highest BCUT2D eigenvalue weighted by molar-refractivity contribution is 7.54. The summed E-state index contributed by atoms with van der Waals surface area (Å²) in [4.78, 5) is 11.3. The van der Waals surface area contributed by atoms with Crippen molar-refractivity contribution >= 4 is 13.6 Å². The second-order valence-corrected chi connectivity index (χ2v) is 5.54. The molecule has 0 heterocycles. The van der Waals surface area contributed by atoms with Gasteiger partial charge in [0.2, 0.25) is 0 Å². The van der Waals surface area contributed by atoms with Gasteiger partial charge >= 0.3 is 13.6 Å². The number of ether oxygens (including phenoxy) is 1. The van der Waals surface area contributed by atoms with Gasteiger partial charge in [-0.2, -0.15) is 0 Å². The summed E-state index contributed by atoms with van der Waals surface area (Å²) < 4.78 is 27.3. The van der Waals surface area contributed by atoms with Gasteiger partial charge in [0, 0.05) is 6.42 Å². The van der Waals surface area contributed by atoms with E-state index in [1.807, 2.05) is 6.92 Å². The zero-order chi connectivity index (χ0) is 12.6. The molecule has 0 rings (SSSR count). The molecule has 0 aromatic rings. The summed E-state index contributed by atoms with van der Waals surface area (Å²) in [7, 11) is -3.33. The third-order valence-corrected chi connectivity index (χ3v) is 4.05. The van der Waals surface area contributed by atoms with E-state index in [9.17, 15) is 9.36 Å². The summed E-state index contributed by atoms with van der Waals surface area (Å²) >= 11 is 0. The molecule has 0 radical (unpaired) electrons. The molecule has 6 heteroatoms. The van der Waals surface area contributed by atoms with Crippen molar-refractivity contribution in [3.63, 3.8) is 0 Å². The summed E-state index contributed by atoms with van der Waals surface area (Å²) in [5.41, 5.74) is 0. The van der Waals surface area contributed by atoms with Crippen molar-refractivity contribution in [3.8, 4) is 0 Å². The van der Waals surface area contributed by atoms with E-state index in [2.05, 4.69) is 0 Å². The number of esters is 1. The number of hydrogen-bond acceptors (Lipinski definition) is 5. The van der Waals surface area contributed by atoms with Gasteiger partial charge in [0.1, 0.15) is 0 Å². The van der Waals surface area contributed by atoms with Gasteiger partial charge in [0.15, 0.2) is 5.85 Å². The number of carbonyl (C=O) groups excluding carboxylic acids is 1. The van der Waals surface area contributed by atoms with E-state index in [1.165, 1.54) is 6.92 Å². The molecule has 0 aliphatic carbocycles.